The average molecular weight is 226 g/mol. The number of hydrogen-bond donors (Lipinski definition) is 1. The van der Waals surface area contributed by atoms with Crippen molar-refractivity contribution in [2.75, 3.05) is 0 Å². The zero-order valence-corrected chi connectivity index (χ0v) is 10.8. The Labute approximate surface area is 103 Å². The lowest BCUT2D eigenvalue weighted by molar-refractivity contribution is 0.466. The number of benzene rings is 2. The van der Waals surface area contributed by atoms with Gasteiger partial charge < -0.3 is 5.11 Å². The molecule has 0 saturated heterocycles. The van der Waals surface area contributed by atoms with Gasteiger partial charge in [-0.3, -0.25) is 0 Å². The zero-order chi connectivity index (χ0) is 12.6. The van der Waals surface area contributed by atoms with Crippen LogP contribution in [0.25, 0.3) is 11.1 Å². The molecule has 0 spiro atoms. The minimum atomic E-state index is 0.417. The highest BCUT2D eigenvalue weighted by atomic mass is 16.3. The van der Waals surface area contributed by atoms with Crippen molar-refractivity contribution in [1.29, 1.82) is 0 Å². The lowest BCUT2D eigenvalue weighted by Crippen LogP contribution is -1.92. The van der Waals surface area contributed by atoms with Crippen LogP contribution in [0.5, 0.6) is 5.75 Å². The summed E-state index contributed by atoms with van der Waals surface area (Å²) in [6.45, 7) is 8.10. The molecule has 0 radical (unpaired) electrons. The number of phenols is 1. The standard InChI is InChI=1S/C16H18O/c1-10-7-5-6-8-14(10)15-9-11(2)16(17)13(4)12(15)3/h5-9,17H,1-4H3. The van der Waals surface area contributed by atoms with Crippen LogP contribution in [0.1, 0.15) is 22.3 Å². The first-order chi connectivity index (χ1) is 8.02. The van der Waals surface area contributed by atoms with Crippen molar-refractivity contribution in [3.63, 3.8) is 0 Å². The molecule has 88 valence electrons. The molecule has 0 fully saturated rings. The Morgan fingerprint density at radius 2 is 1.41 bits per heavy atom. The summed E-state index contributed by atoms with van der Waals surface area (Å²) in [5.74, 6) is 0.417. The molecule has 2 rings (SSSR count). The highest BCUT2D eigenvalue weighted by molar-refractivity contribution is 5.73. The number of aromatic hydroxyl groups is 1. The molecule has 0 heterocycles. The summed E-state index contributed by atoms with van der Waals surface area (Å²) in [6.07, 6.45) is 0. The molecule has 17 heavy (non-hydrogen) atoms. The van der Waals surface area contributed by atoms with Crippen LogP contribution in [-0.4, -0.2) is 5.11 Å². The van der Waals surface area contributed by atoms with Gasteiger partial charge in [-0.05, 0) is 67.1 Å². The molecule has 0 aromatic heterocycles. The molecule has 1 N–H and O–H groups in total. The first-order valence-corrected chi connectivity index (χ1v) is 5.88. The van der Waals surface area contributed by atoms with Crippen LogP contribution in [0, 0.1) is 27.7 Å². The van der Waals surface area contributed by atoms with Gasteiger partial charge in [0, 0.05) is 0 Å². The molecule has 2 aromatic rings. The summed E-state index contributed by atoms with van der Waals surface area (Å²) < 4.78 is 0. The molecule has 0 bridgehead atoms. The monoisotopic (exact) mass is 226 g/mol. The predicted octanol–water partition coefficient (Wildman–Crippen LogP) is 4.29. The molecule has 0 saturated carbocycles. The molecule has 0 unspecified atom stereocenters. The van der Waals surface area contributed by atoms with E-state index in [1.54, 1.807) is 0 Å². The highest BCUT2D eigenvalue weighted by Gasteiger charge is 2.11. The van der Waals surface area contributed by atoms with Crippen LogP contribution in [0.4, 0.5) is 0 Å². The van der Waals surface area contributed by atoms with Crippen molar-refractivity contribution in [2.45, 2.75) is 27.7 Å². The Kier molecular flexibility index (Phi) is 2.93. The van der Waals surface area contributed by atoms with E-state index in [0.29, 0.717) is 5.75 Å². The van der Waals surface area contributed by atoms with Gasteiger partial charge in [0.25, 0.3) is 0 Å². The van der Waals surface area contributed by atoms with E-state index < -0.39 is 0 Å². The molecule has 0 amide bonds. The van der Waals surface area contributed by atoms with E-state index >= 15 is 0 Å². The molecule has 0 aliphatic rings. The maximum atomic E-state index is 9.93. The maximum absolute atomic E-state index is 9.93. The largest absolute Gasteiger partial charge is 0.507 e. The minimum Gasteiger partial charge on any atom is -0.507 e. The summed E-state index contributed by atoms with van der Waals surface area (Å²) in [5, 5.41) is 9.93. The van der Waals surface area contributed by atoms with E-state index in [4.69, 9.17) is 0 Å². The first-order valence-electron chi connectivity index (χ1n) is 5.88. The Hall–Kier alpha value is -1.76. The van der Waals surface area contributed by atoms with Crippen LogP contribution in [0.3, 0.4) is 0 Å². The van der Waals surface area contributed by atoms with Gasteiger partial charge in [-0.1, -0.05) is 24.3 Å². The number of phenolic OH excluding ortho intramolecular Hbond substituents is 1. The third-order valence-electron chi connectivity index (χ3n) is 3.49. The van der Waals surface area contributed by atoms with Crippen molar-refractivity contribution in [1.82, 2.24) is 0 Å². The van der Waals surface area contributed by atoms with Gasteiger partial charge >= 0.3 is 0 Å². The van der Waals surface area contributed by atoms with Gasteiger partial charge in [-0.25, -0.2) is 0 Å². The lowest BCUT2D eigenvalue weighted by atomic mass is 9.91. The molecule has 0 aliphatic heterocycles. The Morgan fingerprint density at radius 1 is 0.765 bits per heavy atom. The molecule has 1 nitrogen and oxygen atoms in total. The number of rotatable bonds is 1. The minimum absolute atomic E-state index is 0.417. The fourth-order valence-corrected chi connectivity index (χ4v) is 2.22. The molecular weight excluding hydrogens is 208 g/mol. The van der Waals surface area contributed by atoms with Crippen LogP contribution >= 0.6 is 0 Å². The fraction of sp³-hybridized carbons (Fsp3) is 0.250. The summed E-state index contributed by atoms with van der Waals surface area (Å²) in [6, 6.07) is 10.4. The van der Waals surface area contributed by atoms with E-state index in [1.165, 1.54) is 16.7 Å². The Morgan fingerprint density at radius 3 is 2.06 bits per heavy atom. The molecule has 0 atom stereocenters. The van der Waals surface area contributed by atoms with Crippen molar-refractivity contribution >= 4 is 0 Å². The fourth-order valence-electron chi connectivity index (χ4n) is 2.22. The second-order valence-electron chi connectivity index (χ2n) is 4.65. The summed E-state index contributed by atoms with van der Waals surface area (Å²) in [5.41, 5.74) is 6.80. The average Bonchev–Trinajstić information content (AvgIpc) is 2.32. The topological polar surface area (TPSA) is 20.2 Å². The summed E-state index contributed by atoms with van der Waals surface area (Å²) in [4.78, 5) is 0. The van der Waals surface area contributed by atoms with Gasteiger partial charge in [0.15, 0.2) is 0 Å². The summed E-state index contributed by atoms with van der Waals surface area (Å²) >= 11 is 0. The predicted molar refractivity (Wildman–Crippen MR) is 72.5 cm³/mol. The van der Waals surface area contributed by atoms with Crippen LogP contribution in [0.2, 0.25) is 0 Å². The maximum Gasteiger partial charge on any atom is 0.121 e. The van der Waals surface area contributed by atoms with Crippen molar-refractivity contribution < 1.29 is 5.11 Å². The van der Waals surface area contributed by atoms with E-state index in [1.807, 2.05) is 19.9 Å². The SMILES string of the molecule is Cc1ccccc1-c1cc(C)c(O)c(C)c1C. The second-order valence-corrected chi connectivity index (χ2v) is 4.65. The van der Waals surface area contributed by atoms with Gasteiger partial charge in [0.2, 0.25) is 0 Å². The van der Waals surface area contributed by atoms with E-state index in [-0.39, 0.29) is 0 Å². The van der Waals surface area contributed by atoms with Gasteiger partial charge in [0.1, 0.15) is 5.75 Å². The van der Waals surface area contributed by atoms with Gasteiger partial charge in [0.05, 0.1) is 0 Å². The van der Waals surface area contributed by atoms with E-state index in [0.717, 1.165) is 16.7 Å². The number of hydrogen-bond acceptors (Lipinski definition) is 1. The van der Waals surface area contributed by atoms with Crippen LogP contribution in [-0.2, 0) is 0 Å². The Bertz CT molecular complexity index is 568. The van der Waals surface area contributed by atoms with Crippen molar-refractivity contribution in [3.8, 4) is 16.9 Å². The zero-order valence-electron chi connectivity index (χ0n) is 10.8. The first kappa shape index (κ1) is 11.7. The van der Waals surface area contributed by atoms with Crippen molar-refractivity contribution in [3.05, 3.63) is 52.6 Å². The summed E-state index contributed by atoms with van der Waals surface area (Å²) in [7, 11) is 0. The normalized spacial score (nSPS) is 10.6. The van der Waals surface area contributed by atoms with E-state index in [2.05, 4.69) is 38.1 Å². The third kappa shape index (κ3) is 1.93. The lowest BCUT2D eigenvalue weighted by Gasteiger charge is -2.14. The second kappa shape index (κ2) is 4.25. The molecule has 2 aromatic carbocycles. The number of aryl methyl sites for hydroxylation is 2. The quantitative estimate of drug-likeness (QED) is 0.769. The van der Waals surface area contributed by atoms with E-state index in [9.17, 15) is 5.11 Å². The van der Waals surface area contributed by atoms with Crippen LogP contribution in [0.15, 0.2) is 30.3 Å². The van der Waals surface area contributed by atoms with Crippen LogP contribution < -0.4 is 0 Å². The van der Waals surface area contributed by atoms with Gasteiger partial charge in [-0.15, -0.1) is 0 Å². The van der Waals surface area contributed by atoms with Gasteiger partial charge in [-0.2, -0.15) is 0 Å². The van der Waals surface area contributed by atoms with Crippen molar-refractivity contribution in [2.24, 2.45) is 0 Å². The third-order valence-corrected chi connectivity index (χ3v) is 3.49. The Balaban J connectivity index is 2.73. The highest BCUT2D eigenvalue weighted by Crippen LogP contribution is 2.34. The molecular formula is C16H18O. The molecule has 0 aliphatic carbocycles. The smallest absolute Gasteiger partial charge is 0.121 e. The molecule has 1 heteroatoms.